The molecule has 0 unspecified atom stereocenters. The molecule has 0 atom stereocenters. The van der Waals surface area contributed by atoms with Crippen LogP contribution in [0, 0.1) is 6.92 Å². The van der Waals surface area contributed by atoms with E-state index in [9.17, 15) is 0 Å². The summed E-state index contributed by atoms with van der Waals surface area (Å²) >= 11 is 1.72. The molecule has 0 bridgehead atoms. The first-order chi connectivity index (χ1) is 10.3. The van der Waals surface area contributed by atoms with Gasteiger partial charge in [0.05, 0.1) is 0 Å². The Kier molecular flexibility index (Phi) is 9.14. The molecule has 0 fully saturated rings. The summed E-state index contributed by atoms with van der Waals surface area (Å²) in [5.74, 6) is 1.94. The van der Waals surface area contributed by atoms with Crippen LogP contribution >= 0.6 is 35.3 Å². The lowest BCUT2D eigenvalue weighted by Crippen LogP contribution is -2.37. The Morgan fingerprint density at radius 3 is 2.86 bits per heavy atom. The molecule has 0 aliphatic heterocycles. The van der Waals surface area contributed by atoms with E-state index < -0.39 is 0 Å². The number of guanidine groups is 1. The van der Waals surface area contributed by atoms with E-state index >= 15 is 0 Å². The minimum absolute atomic E-state index is 0. The highest BCUT2D eigenvalue weighted by Crippen LogP contribution is 2.04. The molecule has 2 N–H and O–H groups in total. The van der Waals surface area contributed by atoms with Crippen LogP contribution in [-0.4, -0.2) is 29.1 Å². The van der Waals surface area contributed by atoms with Gasteiger partial charge in [-0.15, -0.1) is 24.0 Å². The fourth-order valence-electron chi connectivity index (χ4n) is 2.05. The summed E-state index contributed by atoms with van der Waals surface area (Å²) < 4.78 is 2.18. The summed E-state index contributed by atoms with van der Waals surface area (Å²) in [4.78, 5) is 8.46. The molecule has 2 rings (SSSR count). The molecule has 0 radical (unpaired) electrons. The van der Waals surface area contributed by atoms with Crippen LogP contribution in [0.2, 0.25) is 0 Å². The number of aryl methyl sites for hydroxylation is 2. The van der Waals surface area contributed by atoms with Gasteiger partial charge in [0.25, 0.3) is 0 Å². The van der Waals surface area contributed by atoms with Crippen molar-refractivity contribution >= 4 is 41.3 Å². The Balaban J connectivity index is 0.00000242. The highest BCUT2D eigenvalue weighted by atomic mass is 127. The fourth-order valence-corrected chi connectivity index (χ4v) is 2.72. The first-order valence-corrected chi connectivity index (χ1v) is 8.17. The topological polar surface area (TPSA) is 54.2 Å². The SMILES string of the molecule is CN=C(NCCCCn1ccnc1C)NCc1ccsc1.I. The molecule has 0 aliphatic rings. The fraction of sp³-hybridized carbons (Fsp3) is 0.467. The van der Waals surface area contributed by atoms with E-state index in [0.717, 1.165) is 44.3 Å². The third kappa shape index (κ3) is 6.35. The number of halogens is 1. The molecule has 22 heavy (non-hydrogen) atoms. The number of imidazole rings is 1. The third-order valence-corrected chi connectivity index (χ3v) is 4.04. The maximum Gasteiger partial charge on any atom is 0.191 e. The van der Waals surface area contributed by atoms with Gasteiger partial charge in [0, 0.05) is 39.1 Å². The average Bonchev–Trinajstić information content (AvgIpc) is 3.14. The van der Waals surface area contributed by atoms with Gasteiger partial charge in [-0.25, -0.2) is 4.98 Å². The molecule has 5 nitrogen and oxygen atoms in total. The first kappa shape index (κ1) is 19.0. The molecule has 7 heteroatoms. The van der Waals surface area contributed by atoms with E-state index in [1.165, 1.54) is 5.56 Å². The normalized spacial score (nSPS) is 11.1. The number of nitrogens with zero attached hydrogens (tertiary/aromatic N) is 3. The molecule has 0 saturated heterocycles. The summed E-state index contributed by atoms with van der Waals surface area (Å²) in [6.45, 7) is 4.80. The summed E-state index contributed by atoms with van der Waals surface area (Å²) in [5, 5.41) is 10.9. The van der Waals surface area contributed by atoms with Crippen LogP contribution in [0.4, 0.5) is 0 Å². The van der Waals surface area contributed by atoms with Crippen LogP contribution in [0.3, 0.4) is 0 Å². The van der Waals surface area contributed by atoms with Gasteiger partial charge >= 0.3 is 0 Å². The predicted octanol–water partition coefficient (Wildman–Crippen LogP) is 3.02. The van der Waals surface area contributed by atoms with E-state index in [2.05, 4.69) is 42.0 Å². The first-order valence-electron chi connectivity index (χ1n) is 7.23. The molecule has 0 amide bonds. The van der Waals surface area contributed by atoms with E-state index in [1.807, 2.05) is 19.3 Å². The van der Waals surface area contributed by atoms with Crippen molar-refractivity contribution in [3.05, 3.63) is 40.6 Å². The van der Waals surface area contributed by atoms with Crippen LogP contribution in [-0.2, 0) is 13.1 Å². The van der Waals surface area contributed by atoms with Gasteiger partial charge in [-0.05, 0) is 42.2 Å². The predicted molar refractivity (Wildman–Crippen MR) is 104 cm³/mol. The second-order valence-corrected chi connectivity index (χ2v) is 5.64. The minimum atomic E-state index is 0. The van der Waals surface area contributed by atoms with Crippen molar-refractivity contribution in [3.63, 3.8) is 0 Å². The number of aromatic nitrogens is 2. The lowest BCUT2D eigenvalue weighted by Gasteiger charge is -2.11. The molecule has 0 saturated carbocycles. The quantitative estimate of drug-likeness (QED) is 0.306. The van der Waals surface area contributed by atoms with Crippen LogP contribution in [0.1, 0.15) is 24.2 Å². The summed E-state index contributed by atoms with van der Waals surface area (Å²) in [5.41, 5.74) is 1.29. The van der Waals surface area contributed by atoms with Gasteiger partial charge in [0.15, 0.2) is 5.96 Å². The molecular weight excluding hydrogens is 409 g/mol. The standard InChI is InChI=1S/C15H23N5S.HI/c1-13-17-7-9-20(13)8-4-3-6-18-15(16-2)19-11-14-5-10-21-12-14;/h5,7,9-10,12H,3-4,6,8,11H2,1-2H3,(H2,16,18,19);1H. The molecule has 2 aromatic heterocycles. The molecule has 2 heterocycles. The van der Waals surface area contributed by atoms with Crippen LogP contribution in [0.5, 0.6) is 0 Å². The summed E-state index contributed by atoms with van der Waals surface area (Å²) in [6.07, 6.45) is 6.12. The zero-order valence-corrected chi connectivity index (χ0v) is 16.2. The van der Waals surface area contributed by atoms with Crippen LogP contribution in [0.25, 0.3) is 0 Å². The van der Waals surface area contributed by atoms with Gasteiger partial charge in [0.1, 0.15) is 5.82 Å². The number of hydrogen-bond acceptors (Lipinski definition) is 3. The number of thiophene rings is 1. The molecular formula is C15H24IN5S. The van der Waals surface area contributed by atoms with Crippen LogP contribution < -0.4 is 10.6 Å². The highest BCUT2D eigenvalue weighted by Gasteiger charge is 1.99. The molecule has 122 valence electrons. The van der Waals surface area contributed by atoms with Gasteiger partial charge < -0.3 is 15.2 Å². The summed E-state index contributed by atoms with van der Waals surface area (Å²) in [7, 11) is 1.80. The van der Waals surface area contributed by atoms with E-state index in [4.69, 9.17) is 0 Å². The van der Waals surface area contributed by atoms with Crippen molar-refractivity contribution in [1.82, 2.24) is 20.2 Å². The molecule has 0 spiro atoms. The van der Waals surface area contributed by atoms with Gasteiger partial charge in [-0.1, -0.05) is 0 Å². The number of unbranched alkanes of at least 4 members (excludes halogenated alkanes) is 1. The maximum atomic E-state index is 4.23. The highest BCUT2D eigenvalue weighted by molar-refractivity contribution is 14.0. The Hall–Kier alpha value is -1.09. The van der Waals surface area contributed by atoms with Crippen molar-refractivity contribution in [1.29, 1.82) is 0 Å². The second-order valence-electron chi connectivity index (χ2n) is 4.86. The van der Waals surface area contributed by atoms with Gasteiger partial charge in [-0.2, -0.15) is 11.3 Å². The number of hydrogen-bond donors (Lipinski definition) is 2. The Bertz CT molecular complexity index is 550. The van der Waals surface area contributed by atoms with Crippen molar-refractivity contribution in [2.45, 2.75) is 32.9 Å². The van der Waals surface area contributed by atoms with E-state index in [0.29, 0.717) is 0 Å². The Morgan fingerprint density at radius 1 is 1.36 bits per heavy atom. The minimum Gasteiger partial charge on any atom is -0.356 e. The average molecular weight is 433 g/mol. The summed E-state index contributed by atoms with van der Waals surface area (Å²) in [6, 6.07) is 2.12. The van der Waals surface area contributed by atoms with Gasteiger partial charge in [-0.3, -0.25) is 4.99 Å². The third-order valence-electron chi connectivity index (χ3n) is 3.31. The Labute approximate surface area is 153 Å². The van der Waals surface area contributed by atoms with Crippen molar-refractivity contribution < 1.29 is 0 Å². The number of nitrogens with one attached hydrogen (secondary N) is 2. The lowest BCUT2D eigenvalue weighted by atomic mass is 10.3. The zero-order chi connectivity index (χ0) is 14.9. The largest absolute Gasteiger partial charge is 0.356 e. The van der Waals surface area contributed by atoms with Crippen LogP contribution in [0.15, 0.2) is 34.2 Å². The second kappa shape index (κ2) is 10.6. The maximum absolute atomic E-state index is 4.23. The molecule has 2 aromatic rings. The molecule has 0 aromatic carbocycles. The molecule has 0 aliphatic carbocycles. The van der Waals surface area contributed by atoms with Crippen molar-refractivity contribution in [3.8, 4) is 0 Å². The number of aliphatic imine (C=N–C) groups is 1. The lowest BCUT2D eigenvalue weighted by molar-refractivity contribution is 0.588. The Morgan fingerprint density at radius 2 is 2.23 bits per heavy atom. The number of rotatable bonds is 7. The van der Waals surface area contributed by atoms with Crippen molar-refractivity contribution in [2.75, 3.05) is 13.6 Å². The van der Waals surface area contributed by atoms with E-state index in [1.54, 1.807) is 18.4 Å². The van der Waals surface area contributed by atoms with E-state index in [-0.39, 0.29) is 24.0 Å². The van der Waals surface area contributed by atoms with Crippen molar-refractivity contribution in [2.24, 2.45) is 4.99 Å². The monoisotopic (exact) mass is 433 g/mol. The zero-order valence-electron chi connectivity index (χ0n) is 13.1. The van der Waals surface area contributed by atoms with Gasteiger partial charge in [0.2, 0.25) is 0 Å². The smallest absolute Gasteiger partial charge is 0.191 e.